The summed E-state index contributed by atoms with van der Waals surface area (Å²) >= 11 is 2.05. The third-order valence-electron chi connectivity index (χ3n) is 14.9. The zero-order chi connectivity index (χ0) is 45.0. The molecule has 62 heavy (non-hydrogen) atoms. The largest absolute Gasteiger partial charge is 0.311 e. The van der Waals surface area contributed by atoms with Gasteiger partial charge in [0.05, 0.1) is 11.4 Å². The SMILES string of the molecule is Cc1cc(C(C)(C)C)cc(C)c1N1c2ccc(C(C)(C)C)cc2B2c3sc4cc5c(cc4c3N(c3ccc(C(C)(C)C)cc3)c3cc(C(C)(C)C)cc1c32)C(C)(C)CCC5(C)C. The van der Waals surface area contributed by atoms with Crippen LogP contribution in [0.2, 0.25) is 0 Å². The molecule has 0 spiro atoms. The maximum atomic E-state index is 2.69. The summed E-state index contributed by atoms with van der Waals surface area (Å²) in [6, 6.07) is 32.3. The van der Waals surface area contributed by atoms with E-state index in [1.807, 2.05) is 0 Å². The van der Waals surface area contributed by atoms with Crippen molar-refractivity contribution in [2.75, 3.05) is 9.80 Å². The number of aryl methyl sites for hydroxylation is 2. The minimum absolute atomic E-state index is 0.00599. The first-order valence-corrected chi connectivity index (χ1v) is 24.2. The Morgan fingerprint density at radius 3 is 1.52 bits per heavy atom. The molecule has 3 heterocycles. The smallest absolute Gasteiger partial charge is 0.264 e. The maximum Gasteiger partial charge on any atom is 0.264 e. The lowest BCUT2D eigenvalue weighted by atomic mass is 9.36. The van der Waals surface area contributed by atoms with Gasteiger partial charge in [0.15, 0.2) is 0 Å². The molecular formula is C58H71BN2S. The van der Waals surface area contributed by atoms with Crippen LogP contribution in [0.25, 0.3) is 10.1 Å². The van der Waals surface area contributed by atoms with Gasteiger partial charge < -0.3 is 9.80 Å². The lowest BCUT2D eigenvalue weighted by Gasteiger charge is -2.45. The van der Waals surface area contributed by atoms with Gasteiger partial charge in [0, 0.05) is 37.6 Å². The predicted molar refractivity (Wildman–Crippen MR) is 275 cm³/mol. The van der Waals surface area contributed by atoms with Gasteiger partial charge in [-0.3, -0.25) is 0 Å². The zero-order valence-electron chi connectivity index (χ0n) is 41.3. The van der Waals surface area contributed by atoms with Crippen LogP contribution >= 0.6 is 11.3 Å². The van der Waals surface area contributed by atoms with Gasteiger partial charge in [-0.2, -0.15) is 0 Å². The lowest BCUT2D eigenvalue weighted by Crippen LogP contribution is -2.60. The van der Waals surface area contributed by atoms with E-state index >= 15 is 0 Å². The van der Waals surface area contributed by atoms with Crippen LogP contribution in [0.15, 0.2) is 78.9 Å². The molecule has 0 fully saturated rings. The van der Waals surface area contributed by atoms with Gasteiger partial charge in [-0.1, -0.05) is 147 Å². The Labute approximate surface area is 379 Å². The second-order valence-electron chi connectivity index (χ2n) is 24.8. The Morgan fingerprint density at radius 1 is 0.500 bits per heavy atom. The molecule has 5 aromatic carbocycles. The molecular weight excluding hydrogens is 768 g/mol. The number of rotatable bonds is 2. The van der Waals surface area contributed by atoms with Crippen molar-refractivity contribution in [1.29, 1.82) is 0 Å². The first-order valence-electron chi connectivity index (χ1n) is 23.3. The van der Waals surface area contributed by atoms with E-state index in [-0.39, 0.29) is 39.2 Å². The fourth-order valence-electron chi connectivity index (χ4n) is 10.8. The average Bonchev–Trinajstić information content (AvgIpc) is 3.53. The molecule has 0 unspecified atom stereocenters. The van der Waals surface area contributed by atoms with Crippen LogP contribution in [-0.4, -0.2) is 6.71 Å². The molecule has 0 radical (unpaired) electrons. The van der Waals surface area contributed by atoms with Crippen molar-refractivity contribution in [3.05, 3.63) is 123 Å². The van der Waals surface area contributed by atoms with Crippen molar-refractivity contribution >= 4 is 78.0 Å². The predicted octanol–water partition coefficient (Wildman–Crippen LogP) is 15.1. The minimum atomic E-state index is -0.0866. The summed E-state index contributed by atoms with van der Waals surface area (Å²) in [7, 11) is 0. The van der Waals surface area contributed by atoms with Crippen LogP contribution in [0.5, 0.6) is 0 Å². The van der Waals surface area contributed by atoms with Crippen molar-refractivity contribution in [3.63, 3.8) is 0 Å². The van der Waals surface area contributed by atoms with Crippen LogP contribution < -0.4 is 25.5 Å². The Hall–Kier alpha value is -4.28. The fraction of sp³-hybridized carbons (Fsp3) is 0.448. The number of anilines is 6. The summed E-state index contributed by atoms with van der Waals surface area (Å²) in [5, 5.41) is 1.39. The zero-order valence-corrected chi connectivity index (χ0v) is 42.1. The van der Waals surface area contributed by atoms with E-state index in [1.54, 1.807) is 0 Å². The van der Waals surface area contributed by atoms with Gasteiger partial charge in [-0.15, -0.1) is 11.3 Å². The first kappa shape index (κ1) is 43.0. The van der Waals surface area contributed by atoms with E-state index in [0.29, 0.717) is 0 Å². The van der Waals surface area contributed by atoms with Crippen LogP contribution in [0, 0.1) is 13.8 Å². The molecule has 0 saturated carbocycles. The number of hydrogen-bond donors (Lipinski definition) is 0. The second kappa shape index (κ2) is 13.6. The van der Waals surface area contributed by atoms with Crippen molar-refractivity contribution in [2.45, 2.75) is 170 Å². The highest BCUT2D eigenvalue weighted by Gasteiger charge is 2.47. The van der Waals surface area contributed by atoms with E-state index in [4.69, 9.17) is 0 Å². The molecule has 322 valence electrons. The van der Waals surface area contributed by atoms with E-state index in [0.717, 1.165) is 0 Å². The number of thiophene rings is 1. The van der Waals surface area contributed by atoms with E-state index in [1.165, 1.54) is 117 Å². The Kier molecular flexibility index (Phi) is 9.45. The van der Waals surface area contributed by atoms with E-state index in [9.17, 15) is 0 Å². The monoisotopic (exact) mass is 839 g/mol. The van der Waals surface area contributed by atoms with Crippen molar-refractivity contribution in [2.24, 2.45) is 0 Å². The molecule has 1 aromatic heterocycles. The molecule has 2 aliphatic heterocycles. The topological polar surface area (TPSA) is 6.48 Å². The molecule has 1 aliphatic carbocycles. The number of nitrogens with zero attached hydrogens (tertiary/aromatic N) is 2. The number of fused-ring (bicyclic) bond motifs is 7. The highest BCUT2D eigenvalue weighted by atomic mass is 32.1. The summed E-state index contributed by atoms with van der Waals surface area (Å²) in [5.74, 6) is 0. The number of benzene rings is 5. The van der Waals surface area contributed by atoms with Gasteiger partial charge in [0.25, 0.3) is 6.71 Å². The number of hydrogen-bond acceptors (Lipinski definition) is 3. The third kappa shape index (κ3) is 6.71. The molecule has 2 nitrogen and oxygen atoms in total. The first-order chi connectivity index (χ1) is 28.6. The highest BCUT2D eigenvalue weighted by molar-refractivity contribution is 7.33. The quantitative estimate of drug-likeness (QED) is 0.160. The van der Waals surface area contributed by atoms with Crippen LogP contribution in [0.3, 0.4) is 0 Å². The second-order valence-corrected chi connectivity index (χ2v) is 25.9. The van der Waals surface area contributed by atoms with Crippen LogP contribution in [-0.2, 0) is 32.5 Å². The minimum Gasteiger partial charge on any atom is -0.311 e. The van der Waals surface area contributed by atoms with E-state index < -0.39 is 0 Å². The van der Waals surface area contributed by atoms with Gasteiger partial charge in [0.2, 0.25) is 0 Å². The van der Waals surface area contributed by atoms with Gasteiger partial charge >= 0.3 is 0 Å². The average molecular weight is 839 g/mol. The Balaban J connectivity index is 1.45. The molecule has 0 bridgehead atoms. The molecule has 4 heteroatoms. The molecule has 3 aliphatic rings. The maximum absolute atomic E-state index is 2.69. The normalized spacial score (nSPS) is 16.9. The molecule has 9 rings (SSSR count). The molecule has 0 atom stereocenters. The molecule has 0 saturated heterocycles. The summed E-state index contributed by atoms with van der Waals surface area (Å²) in [6.07, 6.45) is 2.40. The molecule has 0 amide bonds. The molecule has 0 N–H and O–H groups in total. The molecule has 6 aromatic rings. The Bertz CT molecular complexity index is 2780. The van der Waals surface area contributed by atoms with Crippen molar-refractivity contribution in [1.82, 2.24) is 0 Å². The summed E-state index contributed by atoms with van der Waals surface area (Å²) in [6.45, 7) is 42.9. The van der Waals surface area contributed by atoms with Crippen molar-refractivity contribution in [3.8, 4) is 0 Å². The van der Waals surface area contributed by atoms with Gasteiger partial charge in [-0.25, -0.2) is 0 Å². The van der Waals surface area contributed by atoms with Crippen LogP contribution in [0.1, 0.15) is 168 Å². The van der Waals surface area contributed by atoms with Gasteiger partial charge in [-0.05, 0) is 157 Å². The van der Waals surface area contributed by atoms with Crippen molar-refractivity contribution < 1.29 is 0 Å². The fourth-order valence-corrected chi connectivity index (χ4v) is 12.1. The van der Waals surface area contributed by atoms with Crippen LogP contribution in [0.4, 0.5) is 34.1 Å². The summed E-state index contributed by atoms with van der Waals surface area (Å²) < 4.78 is 2.86. The summed E-state index contributed by atoms with van der Waals surface area (Å²) in [4.78, 5) is 5.37. The Morgan fingerprint density at radius 2 is 0.984 bits per heavy atom. The summed E-state index contributed by atoms with van der Waals surface area (Å²) in [5.41, 5.74) is 22.0. The highest BCUT2D eigenvalue weighted by Crippen LogP contribution is 2.54. The van der Waals surface area contributed by atoms with E-state index in [2.05, 4.69) is 225 Å². The third-order valence-corrected chi connectivity index (χ3v) is 16.1. The standard InChI is InChI=1S/C58H71BN2S/c1-34-27-38(55(9,10)11)28-35(2)50(34)61-45-24-21-37(54(6,7)8)29-44(45)59-49-46(30-39(31-47(49)61)56(12,13)14)60(40-22-19-36(20-23-40)53(3,4)5)51-41-32-42-43(33-48(41)62-52(51)59)58(17,18)26-25-57(42,15)16/h19-24,27-33H,25-26H2,1-18H3. The van der Waals surface area contributed by atoms with Gasteiger partial charge in [0.1, 0.15) is 0 Å². The lowest BCUT2D eigenvalue weighted by molar-refractivity contribution is 0.332.